The summed E-state index contributed by atoms with van der Waals surface area (Å²) in [5.41, 5.74) is 0.682. The molecule has 256 valence electrons. The third-order valence-corrected chi connectivity index (χ3v) is 8.77. The van der Waals surface area contributed by atoms with Crippen molar-refractivity contribution in [3.05, 3.63) is 24.3 Å². The Hall–Kier alpha value is -1.75. The van der Waals surface area contributed by atoms with Gasteiger partial charge in [-0.2, -0.15) is 0 Å². The van der Waals surface area contributed by atoms with Crippen LogP contribution in [0.4, 0.5) is 10.5 Å². The topological polar surface area (TPSA) is 70.6 Å². The van der Waals surface area contributed by atoms with Crippen LogP contribution in [0.3, 0.4) is 0 Å². The Morgan fingerprint density at radius 1 is 0.523 bits per heavy atom. The number of ether oxygens (including phenoxy) is 1. The van der Waals surface area contributed by atoms with Crippen molar-refractivity contribution in [2.45, 2.75) is 187 Å². The Bertz CT molecular complexity index is 725. The zero-order valence-corrected chi connectivity index (χ0v) is 29.0. The van der Waals surface area contributed by atoms with E-state index in [-0.39, 0.29) is 11.8 Å². The number of urea groups is 1. The highest BCUT2D eigenvalue weighted by Gasteiger charge is 2.01. The first-order chi connectivity index (χ1) is 21.7. The highest BCUT2D eigenvalue weighted by atomic mass is 16.5. The predicted molar refractivity (Wildman–Crippen MR) is 191 cm³/mol. The van der Waals surface area contributed by atoms with E-state index in [0.29, 0.717) is 12.2 Å². The lowest BCUT2D eigenvalue weighted by atomic mass is 10.0. The maximum absolute atomic E-state index is 11.9. The van der Waals surface area contributed by atoms with Crippen LogP contribution >= 0.6 is 0 Å². The third kappa shape index (κ3) is 29.0. The van der Waals surface area contributed by atoms with Gasteiger partial charge in [0.15, 0.2) is 0 Å². The number of nitrogens with one attached hydrogen (secondary N) is 2. The van der Waals surface area contributed by atoms with Gasteiger partial charge < -0.3 is 20.5 Å². The van der Waals surface area contributed by atoms with Crippen molar-refractivity contribution in [2.75, 3.05) is 25.1 Å². The lowest BCUT2D eigenvalue weighted by molar-refractivity contribution is 0.125. The molecule has 0 aliphatic rings. The lowest BCUT2D eigenvalue weighted by Gasteiger charge is -2.08. The maximum atomic E-state index is 11.9. The summed E-state index contributed by atoms with van der Waals surface area (Å²) in [7, 11) is 0. The van der Waals surface area contributed by atoms with Gasteiger partial charge in [-0.25, -0.2) is 4.79 Å². The molecule has 5 heteroatoms. The second-order valence-electron chi connectivity index (χ2n) is 13.1. The van der Waals surface area contributed by atoms with E-state index < -0.39 is 0 Å². The Balaban J connectivity index is 1.66. The number of hydrogen-bond donors (Lipinski definition) is 3. The number of carbonyl (C=O) groups excluding carboxylic acids is 1. The average Bonchev–Trinajstić information content (AvgIpc) is 3.02. The molecule has 0 aliphatic carbocycles. The lowest BCUT2D eigenvalue weighted by Crippen LogP contribution is -2.29. The molecule has 2 amide bonds. The zero-order chi connectivity index (χ0) is 31.6. The smallest absolute Gasteiger partial charge is 0.319 e. The van der Waals surface area contributed by atoms with Gasteiger partial charge in [0.1, 0.15) is 5.75 Å². The van der Waals surface area contributed by atoms with Crippen molar-refractivity contribution in [1.82, 2.24) is 5.32 Å². The van der Waals surface area contributed by atoms with Crippen LogP contribution in [-0.2, 0) is 4.74 Å². The van der Waals surface area contributed by atoms with Crippen molar-refractivity contribution in [2.24, 2.45) is 0 Å². The van der Waals surface area contributed by atoms with Gasteiger partial charge in [0.25, 0.3) is 0 Å². The molecule has 44 heavy (non-hydrogen) atoms. The number of unbranched alkanes of at least 4 members (excludes halogenated alkanes) is 26. The Labute approximate surface area is 273 Å². The summed E-state index contributed by atoms with van der Waals surface area (Å²) in [5, 5.41) is 14.9. The van der Waals surface area contributed by atoms with Gasteiger partial charge in [-0.15, -0.1) is 0 Å². The molecule has 0 heterocycles. The number of phenols is 1. The molecule has 0 spiro atoms. The maximum Gasteiger partial charge on any atom is 0.319 e. The number of hydrogen-bond acceptors (Lipinski definition) is 3. The average molecular weight is 617 g/mol. The minimum Gasteiger partial charge on any atom is -0.508 e. The molecule has 0 aliphatic heterocycles. The molecule has 5 nitrogen and oxygen atoms in total. The SMILES string of the molecule is CCCCCCCCCCCCCCCCCCCCCCOCCCCCCCCCCNC(=O)Nc1ccc(O)cc1. The predicted octanol–water partition coefficient (Wildman–Crippen LogP) is 12.5. The van der Waals surface area contributed by atoms with E-state index in [1.807, 2.05) is 0 Å². The van der Waals surface area contributed by atoms with E-state index in [1.165, 1.54) is 167 Å². The second-order valence-corrected chi connectivity index (χ2v) is 13.1. The van der Waals surface area contributed by atoms with Gasteiger partial charge in [-0.3, -0.25) is 0 Å². The van der Waals surface area contributed by atoms with Crippen LogP contribution in [0, 0.1) is 0 Å². The molecule has 0 bridgehead atoms. The van der Waals surface area contributed by atoms with Gasteiger partial charge in [0.2, 0.25) is 0 Å². The molecule has 1 rings (SSSR count). The van der Waals surface area contributed by atoms with E-state index >= 15 is 0 Å². The highest BCUT2D eigenvalue weighted by molar-refractivity contribution is 5.89. The van der Waals surface area contributed by atoms with E-state index in [2.05, 4.69) is 17.6 Å². The number of phenolic OH excluding ortho intramolecular Hbond substituents is 1. The number of carbonyl (C=O) groups is 1. The van der Waals surface area contributed by atoms with Gasteiger partial charge in [0.05, 0.1) is 0 Å². The van der Waals surface area contributed by atoms with Crippen molar-refractivity contribution >= 4 is 11.7 Å². The fraction of sp³-hybridized carbons (Fsp3) is 0.821. The number of aromatic hydroxyl groups is 1. The van der Waals surface area contributed by atoms with Crippen LogP contribution in [0.2, 0.25) is 0 Å². The molecular formula is C39H72N2O3. The standard InChI is InChI=1S/C39H72N2O3/c1-2-3-4-5-6-7-8-9-10-11-12-13-14-15-16-17-19-22-25-28-35-44-36-29-26-23-20-18-21-24-27-34-40-39(43)41-37-30-32-38(42)33-31-37/h30-33,42H,2-29,34-36H2,1H3,(H2,40,41,43). The fourth-order valence-electron chi connectivity index (χ4n) is 5.87. The Morgan fingerprint density at radius 3 is 1.25 bits per heavy atom. The quantitative estimate of drug-likeness (QED) is 0.0543. The van der Waals surface area contributed by atoms with Crippen LogP contribution in [0.15, 0.2) is 24.3 Å². The molecule has 3 N–H and O–H groups in total. The summed E-state index contributed by atoms with van der Waals surface area (Å²) >= 11 is 0. The molecule has 0 unspecified atom stereocenters. The summed E-state index contributed by atoms with van der Waals surface area (Å²) in [4.78, 5) is 11.9. The van der Waals surface area contributed by atoms with Crippen molar-refractivity contribution in [3.8, 4) is 5.75 Å². The van der Waals surface area contributed by atoms with E-state index in [1.54, 1.807) is 24.3 Å². The largest absolute Gasteiger partial charge is 0.508 e. The van der Waals surface area contributed by atoms with Gasteiger partial charge in [-0.05, 0) is 43.5 Å². The summed E-state index contributed by atoms with van der Waals surface area (Å²) < 4.78 is 5.85. The normalized spacial score (nSPS) is 11.2. The number of benzene rings is 1. The van der Waals surface area contributed by atoms with Crippen molar-refractivity contribution < 1.29 is 14.6 Å². The van der Waals surface area contributed by atoms with Crippen LogP contribution in [-0.4, -0.2) is 30.9 Å². The van der Waals surface area contributed by atoms with Crippen LogP contribution in [0.25, 0.3) is 0 Å². The number of anilines is 1. The minimum absolute atomic E-state index is 0.191. The third-order valence-electron chi connectivity index (χ3n) is 8.77. The molecule has 0 saturated heterocycles. The monoisotopic (exact) mass is 617 g/mol. The van der Waals surface area contributed by atoms with Crippen LogP contribution < -0.4 is 10.6 Å². The Kier molecular flexibility index (Phi) is 29.9. The van der Waals surface area contributed by atoms with E-state index in [0.717, 1.165) is 26.1 Å². The van der Waals surface area contributed by atoms with Gasteiger partial charge >= 0.3 is 6.03 Å². The van der Waals surface area contributed by atoms with Crippen molar-refractivity contribution in [3.63, 3.8) is 0 Å². The number of amides is 2. The first-order valence-electron chi connectivity index (χ1n) is 19.1. The molecule has 0 radical (unpaired) electrons. The summed E-state index contributed by atoms with van der Waals surface area (Å²) in [5.74, 6) is 0.195. The highest BCUT2D eigenvalue weighted by Crippen LogP contribution is 2.16. The van der Waals surface area contributed by atoms with Crippen LogP contribution in [0.1, 0.15) is 187 Å². The van der Waals surface area contributed by atoms with Gasteiger partial charge in [-0.1, -0.05) is 167 Å². The fourth-order valence-corrected chi connectivity index (χ4v) is 5.87. The summed E-state index contributed by atoms with van der Waals surface area (Å²) in [6.07, 6.45) is 38.3. The van der Waals surface area contributed by atoms with E-state index in [4.69, 9.17) is 4.74 Å². The van der Waals surface area contributed by atoms with Gasteiger partial charge in [0, 0.05) is 25.4 Å². The zero-order valence-electron chi connectivity index (χ0n) is 29.0. The first kappa shape index (κ1) is 40.3. The van der Waals surface area contributed by atoms with E-state index in [9.17, 15) is 9.90 Å². The summed E-state index contributed by atoms with van der Waals surface area (Å²) in [6.45, 7) is 4.86. The minimum atomic E-state index is -0.191. The molecule has 1 aromatic carbocycles. The Morgan fingerprint density at radius 2 is 0.864 bits per heavy atom. The summed E-state index contributed by atoms with van der Waals surface area (Å²) in [6, 6.07) is 6.30. The molecule has 0 aromatic heterocycles. The molecule has 0 fully saturated rings. The molecule has 0 atom stereocenters. The first-order valence-corrected chi connectivity index (χ1v) is 19.1. The molecular weight excluding hydrogens is 544 g/mol. The number of rotatable bonds is 33. The van der Waals surface area contributed by atoms with Crippen molar-refractivity contribution in [1.29, 1.82) is 0 Å². The molecule has 0 saturated carbocycles. The second kappa shape index (κ2) is 32.6. The van der Waals surface area contributed by atoms with Crippen LogP contribution in [0.5, 0.6) is 5.75 Å². The molecule has 1 aromatic rings.